The first-order chi connectivity index (χ1) is 8.93. The van der Waals surface area contributed by atoms with Crippen LogP contribution in [0.25, 0.3) is 0 Å². The van der Waals surface area contributed by atoms with Gasteiger partial charge < -0.3 is 4.74 Å². The van der Waals surface area contributed by atoms with Gasteiger partial charge in [-0.05, 0) is 40.0 Å². The van der Waals surface area contributed by atoms with Crippen LogP contribution in [0.1, 0.15) is 30.6 Å². The van der Waals surface area contributed by atoms with Crippen LogP contribution in [0.3, 0.4) is 0 Å². The summed E-state index contributed by atoms with van der Waals surface area (Å²) in [6.07, 6.45) is 0.361. The molecule has 0 aliphatic carbocycles. The quantitative estimate of drug-likeness (QED) is 0.833. The van der Waals surface area contributed by atoms with Crippen molar-refractivity contribution in [1.82, 2.24) is 10.9 Å². The molecule has 0 saturated heterocycles. The predicted molar refractivity (Wildman–Crippen MR) is 75.8 cm³/mol. The first-order valence-electron chi connectivity index (χ1n) is 5.86. The fourth-order valence-corrected chi connectivity index (χ4v) is 1.85. The van der Waals surface area contributed by atoms with E-state index < -0.39 is 5.91 Å². The monoisotopic (exact) mass is 328 g/mol. The number of amides is 2. The highest BCUT2D eigenvalue weighted by Crippen LogP contribution is 2.22. The van der Waals surface area contributed by atoms with Crippen LogP contribution in [-0.4, -0.2) is 18.9 Å². The topological polar surface area (TPSA) is 67.4 Å². The van der Waals surface area contributed by atoms with E-state index in [0.717, 1.165) is 0 Å². The van der Waals surface area contributed by atoms with Crippen LogP contribution in [0, 0.1) is 5.92 Å². The van der Waals surface area contributed by atoms with E-state index in [4.69, 9.17) is 4.74 Å². The molecule has 1 aromatic carbocycles. The molecule has 0 aliphatic rings. The van der Waals surface area contributed by atoms with Crippen LogP contribution < -0.4 is 15.6 Å². The molecule has 0 atom stereocenters. The molecule has 104 valence electrons. The summed E-state index contributed by atoms with van der Waals surface area (Å²) < 4.78 is 5.68. The minimum absolute atomic E-state index is 0.220. The average molecular weight is 329 g/mol. The molecule has 6 heteroatoms. The van der Waals surface area contributed by atoms with Gasteiger partial charge in [-0.3, -0.25) is 20.4 Å². The van der Waals surface area contributed by atoms with E-state index in [9.17, 15) is 9.59 Å². The van der Waals surface area contributed by atoms with Crippen LogP contribution >= 0.6 is 15.9 Å². The Morgan fingerprint density at radius 3 is 2.58 bits per heavy atom. The average Bonchev–Trinajstić information content (AvgIpc) is 2.35. The zero-order valence-corrected chi connectivity index (χ0v) is 12.7. The minimum Gasteiger partial charge on any atom is -0.497 e. The highest BCUT2D eigenvalue weighted by Gasteiger charge is 2.12. The Bertz CT molecular complexity index is 475. The smallest absolute Gasteiger partial charge is 0.270 e. The van der Waals surface area contributed by atoms with Gasteiger partial charge >= 0.3 is 0 Å². The van der Waals surface area contributed by atoms with Gasteiger partial charge in [-0.25, -0.2) is 0 Å². The van der Waals surface area contributed by atoms with Crippen molar-refractivity contribution in [2.45, 2.75) is 20.3 Å². The summed E-state index contributed by atoms with van der Waals surface area (Å²) in [6, 6.07) is 5.04. The van der Waals surface area contributed by atoms with Crippen molar-refractivity contribution in [3.05, 3.63) is 28.2 Å². The first-order valence-corrected chi connectivity index (χ1v) is 6.66. The maximum Gasteiger partial charge on any atom is 0.270 e. The van der Waals surface area contributed by atoms with Crippen molar-refractivity contribution < 1.29 is 14.3 Å². The van der Waals surface area contributed by atoms with E-state index in [-0.39, 0.29) is 11.8 Å². The van der Waals surface area contributed by atoms with Crippen molar-refractivity contribution in [2.24, 2.45) is 5.92 Å². The molecule has 0 spiro atoms. The molecule has 0 bridgehead atoms. The number of hydrogen-bond acceptors (Lipinski definition) is 3. The van der Waals surface area contributed by atoms with Gasteiger partial charge in [0.25, 0.3) is 5.91 Å². The van der Waals surface area contributed by atoms with Gasteiger partial charge in [0.1, 0.15) is 5.75 Å². The Labute approximate surface area is 120 Å². The Hall–Kier alpha value is -1.56. The number of halogens is 1. The SMILES string of the molecule is COc1ccc(Br)c(C(=O)NNC(=O)CC(C)C)c1. The molecule has 5 nitrogen and oxygen atoms in total. The second kappa shape index (κ2) is 7.13. The normalized spacial score (nSPS) is 10.2. The standard InChI is InChI=1S/C13H17BrN2O3/c1-8(2)6-12(17)15-16-13(18)10-7-9(19-3)4-5-11(10)14/h4-5,7-8H,6H2,1-3H3,(H,15,17)(H,16,18). The van der Waals surface area contributed by atoms with Crippen molar-refractivity contribution >= 4 is 27.7 Å². The Morgan fingerprint density at radius 2 is 2.00 bits per heavy atom. The number of methoxy groups -OCH3 is 1. The van der Waals surface area contributed by atoms with Crippen molar-refractivity contribution in [3.8, 4) is 5.75 Å². The third-order valence-corrected chi connectivity index (χ3v) is 3.02. The number of nitrogens with one attached hydrogen (secondary N) is 2. The van der Waals surface area contributed by atoms with Gasteiger partial charge in [0.15, 0.2) is 0 Å². The molecule has 0 aliphatic heterocycles. The predicted octanol–water partition coefficient (Wildman–Crippen LogP) is 2.26. The summed E-state index contributed by atoms with van der Waals surface area (Å²) in [5, 5.41) is 0. The highest BCUT2D eigenvalue weighted by atomic mass is 79.9. The van der Waals surface area contributed by atoms with Gasteiger partial charge in [0.05, 0.1) is 12.7 Å². The van der Waals surface area contributed by atoms with E-state index >= 15 is 0 Å². The van der Waals surface area contributed by atoms with E-state index in [0.29, 0.717) is 22.2 Å². The van der Waals surface area contributed by atoms with Gasteiger partial charge in [0.2, 0.25) is 5.91 Å². The molecule has 0 radical (unpaired) electrons. The minimum atomic E-state index is -0.400. The molecule has 0 unspecified atom stereocenters. The van der Waals surface area contributed by atoms with Gasteiger partial charge in [-0.2, -0.15) is 0 Å². The van der Waals surface area contributed by atoms with E-state index in [1.807, 2.05) is 13.8 Å². The lowest BCUT2D eigenvalue weighted by Crippen LogP contribution is -2.42. The van der Waals surface area contributed by atoms with Crippen molar-refractivity contribution in [1.29, 1.82) is 0 Å². The fourth-order valence-electron chi connectivity index (χ4n) is 1.42. The maximum absolute atomic E-state index is 11.9. The van der Waals surface area contributed by atoms with E-state index in [2.05, 4.69) is 26.8 Å². The second-order valence-corrected chi connectivity index (χ2v) is 5.30. The molecule has 1 aromatic rings. The van der Waals surface area contributed by atoms with Gasteiger partial charge in [-0.15, -0.1) is 0 Å². The molecule has 0 heterocycles. The fraction of sp³-hybridized carbons (Fsp3) is 0.385. The van der Waals surface area contributed by atoms with E-state index in [1.165, 1.54) is 7.11 Å². The number of carbonyl (C=O) groups is 2. The number of carbonyl (C=O) groups excluding carboxylic acids is 2. The Kier molecular flexibility index (Phi) is 5.82. The summed E-state index contributed by atoms with van der Waals surface area (Å²) in [7, 11) is 1.52. The van der Waals surface area contributed by atoms with Crippen LogP contribution in [0.5, 0.6) is 5.75 Å². The molecule has 2 amide bonds. The van der Waals surface area contributed by atoms with Crippen LogP contribution in [0.4, 0.5) is 0 Å². The van der Waals surface area contributed by atoms with Crippen molar-refractivity contribution in [3.63, 3.8) is 0 Å². The molecule has 2 N–H and O–H groups in total. The lowest BCUT2D eigenvalue weighted by Gasteiger charge is -2.10. The van der Waals surface area contributed by atoms with Gasteiger partial charge in [0, 0.05) is 10.9 Å². The lowest BCUT2D eigenvalue weighted by molar-refractivity contribution is -0.122. The molecule has 0 fully saturated rings. The number of ether oxygens (including phenoxy) is 1. The number of rotatable bonds is 4. The highest BCUT2D eigenvalue weighted by molar-refractivity contribution is 9.10. The first kappa shape index (κ1) is 15.5. The van der Waals surface area contributed by atoms with Crippen LogP contribution in [-0.2, 0) is 4.79 Å². The molecule has 0 aromatic heterocycles. The number of hydrazine groups is 1. The molecule has 0 saturated carbocycles. The largest absolute Gasteiger partial charge is 0.497 e. The Morgan fingerprint density at radius 1 is 1.32 bits per heavy atom. The van der Waals surface area contributed by atoms with E-state index in [1.54, 1.807) is 18.2 Å². The zero-order valence-electron chi connectivity index (χ0n) is 11.1. The maximum atomic E-state index is 11.9. The summed E-state index contributed by atoms with van der Waals surface area (Å²) in [4.78, 5) is 23.3. The Balaban J connectivity index is 2.65. The summed E-state index contributed by atoms with van der Waals surface area (Å²) in [6.45, 7) is 3.86. The summed E-state index contributed by atoms with van der Waals surface area (Å²) >= 11 is 3.28. The van der Waals surface area contributed by atoms with Gasteiger partial charge in [-0.1, -0.05) is 13.8 Å². The molecule has 19 heavy (non-hydrogen) atoms. The molecular formula is C13H17BrN2O3. The third kappa shape index (κ3) is 4.90. The van der Waals surface area contributed by atoms with Crippen molar-refractivity contribution in [2.75, 3.05) is 7.11 Å². The molecule has 1 rings (SSSR count). The summed E-state index contributed by atoms with van der Waals surface area (Å²) in [5.74, 6) is 0.188. The molecular weight excluding hydrogens is 312 g/mol. The number of hydrogen-bond donors (Lipinski definition) is 2. The summed E-state index contributed by atoms with van der Waals surface area (Å²) in [5.41, 5.74) is 5.14. The second-order valence-electron chi connectivity index (χ2n) is 4.45. The third-order valence-electron chi connectivity index (χ3n) is 2.33. The van der Waals surface area contributed by atoms with Crippen LogP contribution in [0.2, 0.25) is 0 Å². The zero-order chi connectivity index (χ0) is 14.4. The number of benzene rings is 1. The van der Waals surface area contributed by atoms with Crippen LogP contribution in [0.15, 0.2) is 22.7 Å². The lowest BCUT2D eigenvalue weighted by atomic mass is 10.1.